The van der Waals surface area contributed by atoms with E-state index in [0.717, 1.165) is 31.7 Å². The quantitative estimate of drug-likeness (QED) is 0.561. The molecule has 0 heterocycles. The van der Waals surface area contributed by atoms with E-state index in [4.69, 9.17) is 5.11 Å². The molecule has 1 aromatic rings. The lowest BCUT2D eigenvalue weighted by Crippen LogP contribution is -2.39. The molecule has 0 aliphatic heterocycles. The second kappa shape index (κ2) is 5.46. The van der Waals surface area contributed by atoms with Gasteiger partial charge in [-0.15, -0.1) is 0 Å². The summed E-state index contributed by atoms with van der Waals surface area (Å²) in [5.41, 5.74) is -0.720. The maximum atomic E-state index is 11.1. The molecule has 0 aromatic heterocycles. The summed E-state index contributed by atoms with van der Waals surface area (Å²) in [5.74, 6) is -1.21. The molecular formula is C13H16N2O5. The van der Waals surface area contributed by atoms with Gasteiger partial charge >= 0.3 is 5.97 Å². The molecule has 0 bridgehead atoms. The van der Waals surface area contributed by atoms with Gasteiger partial charge in [0.25, 0.3) is 5.69 Å². The van der Waals surface area contributed by atoms with Gasteiger partial charge in [0.05, 0.1) is 22.6 Å². The SMILES string of the molecule is O=C(O)c1ccc(NC2(CO)CCCC2)c([N+](=O)[O-])c1. The first-order chi connectivity index (χ1) is 9.47. The molecule has 0 spiro atoms. The maximum Gasteiger partial charge on any atom is 0.335 e. The predicted molar refractivity (Wildman–Crippen MR) is 72.0 cm³/mol. The number of hydrogen-bond donors (Lipinski definition) is 3. The number of nitro groups is 1. The molecule has 108 valence electrons. The number of nitrogens with one attached hydrogen (secondary N) is 1. The molecule has 7 heteroatoms. The molecule has 1 saturated carbocycles. The molecule has 0 saturated heterocycles. The number of carbonyl (C=O) groups is 1. The summed E-state index contributed by atoms with van der Waals surface area (Å²) in [7, 11) is 0. The molecule has 0 atom stereocenters. The van der Waals surface area contributed by atoms with E-state index in [1.165, 1.54) is 12.1 Å². The van der Waals surface area contributed by atoms with Crippen LogP contribution in [0.2, 0.25) is 0 Å². The molecule has 1 aliphatic carbocycles. The van der Waals surface area contributed by atoms with Crippen LogP contribution in [0.15, 0.2) is 18.2 Å². The predicted octanol–water partition coefficient (Wildman–Crippen LogP) is 2.01. The van der Waals surface area contributed by atoms with Gasteiger partial charge in [-0.25, -0.2) is 4.79 Å². The minimum atomic E-state index is -1.21. The number of aromatic carboxylic acids is 1. The van der Waals surface area contributed by atoms with Crippen LogP contribution in [0.25, 0.3) is 0 Å². The Balaban J connectivity index is 2.35. The largest absolute Gasteiger partial charge is 0.478 e. The van der Waals surface area contributed by atoms with Crippen LogP contribution >= 0.6 is 0 Å². The molecule has 1 aromatic carbocycles. The van der Waals surface area contributed by atoms with E-state index in [9.17, 15) is 20.0 Å². The lowest BCUT2D eigenvalue weighted by molar-refractivity contribution is -0.384. The van der Waals surface area contributed by atoms with E-state index in [0.29, 0.717) is 0 Å². The first kappa shape index (κ1) is 14.3. The van der Waals surface area contributed by atoms with Crippen molar-refractivity contribution in [1.82, 2.24) is 0 Å². The fourth-order valence-electron chi connectivity index (χ4n) is 2.58. The summed E-state index contributed by atoms with van der Waals surface area (Å²) in [5, 5.41) is 32.5. The zero-order valence-corrected chi connectivity index (χ0v) is 10.8. The number of nitrogens with zero attached hydrogens (tertiary/aromatic N) is 1. The van der Waals surface area contributed by atoms with E-state index in [1.54, 1.807) is 0 Å². The summed E-state index contributed by atoms with van der Waals surface area (Å²) in [6.07, 6.45) is 3.38. The molecule has 0 radical (unpaired) electrons. The van der Waals surface area contributed by atoms with Crippen molar-refractivity contribution in [2.75, 3.05) is 11.9 Å². The average molecular weight is 280 g/mol. The third-order valence-corrected chi connectivity index (χ3v) is 3.70. The third kappa shape index (κ3) is 2.72. The molecule has 7 nitrogen and oxygen atoms in total. The van der Waals surface area contributed by atoms with Gasteiger partial charge in [0.1, 0.15) is 5.69 Å². The Morgan fingerprint density at radius 2 is 2.05 bits per heavy atom. The van der Waals surface area contributed by atoms with Crippen LogP contribution in [0.5, 0.6) is 0 Å². The van der Waals surface area contributed by atoms with E-state index >= 15 is 0 Å². The van der Waals surface area contributed by atoms with Gasteiger partial charge in [-0.3, -0.25) is 10.1 Å². The van der Waals surface area contributed by atoms with Crippen molar-refractivity contribution in [3.63, 3.8) is 0 Å². The first-order valence-corrected chi connectivity index (χ1v) is 6.38. The van der Waals surface area contributed by atoms with Crippen LogP contribution in [0.3, 0.4) is 0 Å². The van der Waals surface area contributed by atoms with Crippen LogP contribution in [0.1, 0.15) is 36.0 Å². The molecular weight excluding hydrogens is 264 g/mol. The molecule has 20 heavy (non-hydrogen) atoms. The van der Waals surface area contributed by atoms with Crippen molar-refractivity contribution in [1.29, 1.82) is 0 Å². The fraction of sp³-hybridized carbons (Fsp3) is 0.462. The van der Waals surface area contributed by atoms with Crippen LogP contribution in [0.4, 0.5) is 11.4 Å². The number of aliphatic hydroxyl groups excluding tert-OH is 1. The molecule has 0 amide bonds. The number of benzene rings is 1. The Hall–Kier alpha value is -2.15. The number of carboxylic acid groups (broad SMARTS) is 1. The van der Waals surface area contributed by atoms with Crippen molar-refractivity contribution in [2.24, 2.45) is 0 Å². The van der Waals surface area contributed by atoms with Crippen LogP contribution in [0, 0.1) is 10.1 Å². The van der Waals surface area contributed by atoms with Crippen molar-refractivity contribution < 1.29 is 19.9 Å². The highest BCUT2D eigenvalue weighted by Gasteiger charge is 2.34. The van der Waals surface area contributed by atoms with E-state index in [-0.39, 0.29) is 23.5 Å². The van der Waals surface area contributed by atoms with Crippen LogP contribution < -0.4 is 5.32 Å². The Morgan fingerprint density at radius 3 is 2.55 bits per heavy atom. The number of anilines is 1. The summed E-state index contributed by atoms with van der Waals surface area (Å²) >= 11 is 0. The molecule has 2 rings (SSSR count). The first-order valence-electron chi connectivity index (χ1n) is 6.38. The number of carboxylic acids is 1. The van der Waals surface area contributed by atoms with Gasteiger partial charge in [0.2, 0.25) is 0 Å². The molecule has 3 N–H and O–H groups in total. The average Bonchev–Trinajstić information content (AvgIpc) is 2.88. The second-order valence-corrected chi connectivity index (χ2v) is 5.06. The van der Waals surface area contributed by atoms with Crippen molar-refractivity contribution in [3.05, 3.63) is 33.9 Å². The minimum absolute atomic E-state index is 0.106. The number of nitro benzene ring substituents is 1. The Labute approximate surface area is 115 Å². The van der Waals surface area contributed by atoms with Crippen molar-refractivity contribution >= 4 is 17.3 Å². The lowest BCUT2D eigenvalue weighted by atomic mass is 9.98. The van der Waals surface area contributed by atoms with E-state index in [2.05, 4.69) is 5.32 Å². The lowest BCUT2D eigenvalue weighted by Gasteiger charge is -2.29. The van der Waals surface area contributed by atoms with Gasteiger partial charge in [-0.2, -0.15) is 0 Å². The highest BCUT2D eigenvalue weighted by molar-refractivity contribution is 5.89. The number of rotatable bonds is 5. The van der Waals surface area contributed by atoms with Gasteiger partial charge < -0.3 is 15.5 Å². The van der Waals surface area contributed by atoms with Gasteiger partial charge in [-0.1, -0.05) is 12.8 Å². The standard InChI is InChI=1S/C13H16N2O5/c16-8-13(5-1-2-6-13)14-10-4-3-9(12(17)18)7-11(10)15(19)20/h3-4,7,14,16H,1-2,5-6,8H2,(H,17,18). The molecule has 1 aliphatic rings. The Morgan fingerprint density at radius 1 is 1.40 bits per heavy atom. The monoisotopic (exact) mass is 280 g/mol. The highest BCUT2D eigenvalue weighted by atomic mass is 16.6. The topological polar surface area (TPSA) is 113 Å². The smallest absolute Gasteiger partial charge is 0.335 e. The third-order valence-electron chi connectivity index (χ3n) is 3.70. The highest BCUT2D eigenvalue weighted by Crippen LogP contribution is 2.36. The van der Waals surface area contributed by atoms with E-state index in [1.807, 2.05) is 0 Å². The van der Waals surface area contributed by atoms with Gasteiger partial charge in [0.15, 0.2) is 0 Å². The number of hydrogen-bond acceptors (Lipinski definition) is 5. The van der Waals surface area contributed by atoms with Crippen molar-refractivity contribution in [2.45, 2.75) is 31.2 Å². The summed E-state index contributed by atoms with van der Waals surface area (Å²) in [6.45, 7) is -0.106. The van der Waals surface area contributed by atoms with E-state index < -0.39 is 16.4 Å². The Kier molecular flexibility index (Phi) is 3.89. The van der Waals surface area contributed by atoms with Gasteiger partial charge in [0, 0.05) is 6.07 Å². The maximum absolute atomic E-state index is 11.1. The molecule has 0 unspecified atom stereocenters. The zero-order valence-electron chi connectivity index (χ0n) is 10.8. The summed E-state index contributed by atoms with van der Waals surface area (Å²) < 4.78 is 0. The summed E-state index contributed by atoms with van der Waals surface area (Å²) in [4.78, 5) is 21.3. The second-order valence-electron chi connectivity index (χ2n) is 5.06. The van der Waals surface area contributed by atoms with Gasteiger partial charge in [-0.05, 0) is 25.0 Å². The minimum Gasteiger partial charge on any atom is -0.478 e. The van der Waals surface area contributed by atoms with Crippen LogP contribution in [-0.4, -0.2) is 33.3 Å². The number of aliphatic hydroxyl groups is 1. The van der Waals surface area contributed by atoms with Crippen molar-refractivity contribution in [3.8, 4) is 0 Å². The normalized spacial score (nSPS) is 16.9. The van der Waals surface area contributed by atoms with Crippen LogP contribution in [-0.2, 0) is 0 Å². The Bertz CT molecular complexity index is 538. The zero-order chi connectivity index (χ0) is 14.8. The fourth-order valence-corrected chi connectivity index (χ4v) is 2.58. The summed E-state index contributed by atoms with van der Waals surface area (Å²) in [6, 6.07) is 3.74. The molecule has 1 fully saturated rings.